The zero-order valence-corrected chi connectivity index (χ0v) is 12.5. The Morgan fingerprint density at radius 2 is 2.20 bits per heavy atom. The number of aromatic amines is 1. The SMILES string of the molecule is CN(C)c1nc(CNc2nc(Cl)nc3nc[nH]c23)cs1. The first-order valence-electron chi connectivity index (χ1n) is 5.85. The van der Waals surface area contributed by atoms with E-state index in [2.05, 4.69) is 30.2 Å². The lowest BCUT2D eigenvalue weighted by molar-refractivity contribution is 1.02. The average molecular weight is 310 g/mol. The minimum Gasteiger partial charge on any atom is -0.362 e. The van der Waals surface area contributed by atoms with E-state index in [9.17, 15) is 0 Å². The minimum absolute atomic E-state index is 0.166. The number of anilines is 2. The fraction of sp³-hybridized carbons (Fsp3) is 0.273. The molecule has 0 bridgehead atoms. The third-order valence-electron chi connectivity index (χ3n) is 2.62. The van der Waals surface area contributed by atoms with Crippen molar-refractivity contribution in [1.82, 2.24) is 24.9 Å². The van der Waals surface area contributed by atoms with Crippen LogP contribution >= 0.6 is 22.9 Å². The number of hydrogen-bond acceptors (Lipinski definition) is 7. The molecular formula is C11H12ClN7S. The number of halogens is 1. The van der Waals surface area contributed by atoms with Gasteiger partial charge in [-0.25, -0.2) is 9.97 Å². The Kier molecular flexibility index (Phi) is 3.41. The highest BCUT2D eigenvalue weighted by Crippen LogP contribution is 2.21. The van der Waals surface area contributed by atoms with Crippen molar-refractivity contribution in [3.63, 3.8) is 0 Å². The van der Waals surface area contributed by atoms with Gasteiger partial charge in [0.05, 0.1) is 18.6 Å². The molecule has 3 heterocycles. The molecule has 2 N–H and O–H groups in total. The normalized spacial score (nSPS) is 10.9. The first kappa shape index (κ1) is 13.1. The summed E-state index contributed by atoms with van der Waals surface area (Å²) >= 11 is 7.47. The van der Waals surface area contributed by atoms with Crippen LogP contribution in [0.3, 0.4) is 0 Å². The minimum atomic E-state index is 0.166. The number of nitrogens with one attached hydrogen (secondary N) is 2. The number of fused-ring (bicyclic) bond motifs is 1. The molecule has 0 spiro atoms. The fourth-order valence-electron chi connectivity index (χ4n) is 1.69. The number of rotatable bonds is 4. The van der Waals surface area contributed by atoms with Gasteiger partial charge < -0.3 is 15.2 Å². The van der Waals surface area contributed by atoms with Crippen molar-refractivity contribution in [2.24, 2.45) is 0 Å². The van der Waals surface area contributed by atoms with Crippen LogP contribution in [0.4, 0.5) is 10.9 Å². The van der Waals surface area contributed by atoms with E-state index in [1.54, 1.807) is 17.7 Å². The molecule has 7 nitrogen and oxygen atoms in total. The van der Waals surface area contributed by atoms with Gasteiger partial charge in [0.2, 0.25) is 5.28 Å². The van der Waals surface area contributed by atoms with Gasteiger partial charge in [0.25, 0.3) is 0 Å². The highest BCUT2D eigenvalue weighted by molar-refractivity contribution is 7.13. The lowest BCUT2D eigenvalue weighted by Gasteiger charge is -2.06. The predicted octanol–water partition coefficient (Wildman–Crippen LogP) is 2.14. The van der Waals surface area contributed by atoms with E-state index in [1.165, 1.54) is 0 Å². The van der Waals surface area contributed by atoms with Crippen molar-refractivity contribution in [3.8, 4) is 0 Å². The second kappa shape index (κ2) is 5.22. The van der Waals surface area contributed by atoms with E-state index in [0.29, 0.717) is 18.0 Å². The maximum absolute atomic E-state index is 5.87. The van der Waals surface area contributed by atoms with Gasteiger partial charge in [0, 0.05) is 19.5 Å². The van der Waals surface area contributed by atoms with E-state index < -0.39 is 0 Å². The van der Waals surface area contributed by atoms with Crippen LogP contribution in [0.15, 0.2) is 11.7 Å². The molecule has 20 heavy (non-hydrogen) atoms. The molecule has 104 valence electrons. The van der Waals surface area contributed by atoms with Crippen LogP contribution in [-0.4, -0.2) is 39.0 Å². The molecule has 0 aromatic carbocycles. The van der Waals surface area contributed by atoms with Gasteiger partial charge in [-0.3, -0.25) is 0 Å². The van der Waals surface area contributed by atoms with Crippen LogP contribution in [0.1, 0.15) is 5.69 Å². The van der Waals surface area contributed by atoms with E-state index in [1.807, 2.05) is 24.4 Å². The Morgan fingerprint density at radius 1 is 1.35 bits per heavy atom. The van der Waals surface area contributed by atoms with E-state index in [4.69, 9.17) is 11.6 Å². The smallest absolute Gasteiger partial charge is 0.226 e. The Bertz CT molecular complexity index is 735. The van der Waals surface area contributed by atoms with Gasteiger partial charge in [-0.15, -0.1) is 11.3 Å². The second-order valence-electron chi connectivity index (χ2n) is 4.31. The summed E-state index contributed by atoms with van der Waals surface area (Å²) < 4.78 is 0. The van der Waals surface area contributed by atoms with Crippen molar-refractivity contribution < 1.29 is 0 Å². The fourth-order valence-corrected chi connectivity index (χ4v) is 2.61. The molecule has 0 saturated carbocycles. The van der Waals surface area contributed by atoms with E-state index >= 15 is 0 Å². The molecule has 0 radical (unpaired) electrons. The Labute approximate surface area is 124 Å². The molecule has 0 fully saturated rings. The highest BCUT2D eigenvalue weighted by atomic mass is 35.5. The summed E-state index contributed by atoms with van der Waals surface area (Å²) in [7, 11) is 3.93. The maximum Gasteiger partial charge on any atom is 0.226 e. The number of nitrogens with zero attached hydrogens (tertiary/aromatic N) is 5. The molecule has 0 atom stereocenters. The first-order valence-corrected chi connectivity index (χ1v) is 7.11. The first-order chi connectivity index (χ1) is 9.63. The van der Waals surface area contributed by atoms with E-state index in [-0.39, 0.29) is 5.28 Å². The number of imidazole rings is 1. The summed E-state index contributed by atoms with van der Waals surface area (Å²) in [5.74, 6) is 0.622. The van der Waals surface area contributed by atoms with Crippen molar-refractivity contribution in [2.75, 3.05) is 24.3 Å². The monoisotopic (exact) mass is 309 g/mol. The standard InChI is InChI=1S/C11H12ClN7S/c1-19(2)11-16-6(4-20-11)3-13-8-7-9(15-5-14-7)18-10(12)17-8/h4-5H,3H2,1-2H3,(H2,13,14,15,17,18). The van der Waals surface area contributed by atoms with Crippen molar-refractivity contribution in [2.45, 2.75) is 6.54 Å². The van der Waals surface area contributed by atoms with Crippen LogP contribution in [0, 0.1) is 0 Å². The summed E-state index contributed by atoms with van der Waals surface area (Å²) in [6.07, 6.45) is 1.56. The van der Waals surface area contributed by atoms with Crippen molar-refractivity contribution >= 4 is 45.1 Å². The van der Waals surface area contributed by atoms with Crippen molar-refractivity contribution in [3.05, 3.63) is 22.7 Å². The molecule has 0 unspecified atom stereocenters. The van der Waals surface area contributed by atoms with Gasteiger partial charge >= 0.3 is 0 Å². The summed E-state index contributed by atoms with van der Waals surface area (Å²) in [5.41, 5.74) is 2.22. The predicted molar refractivity (Wildman–Crippen MR) is 80.5 cm³/mol. The van der Waals surface area contributed by atoms with Crippen LogP contribution in [-0.2, 0) is 6.54 Å². The Balaban J connectivity index is 1.80. The third-order valence-corrected chi connectivity index (χ3v) is 3.84. The third kappa shape index (κ3) is 2.52. The zero-order chi connectivity index (χ0) is 14.1. The molecule has 3 rings (SSSR count). The number of aromatic nitrogens is 5. The van der Waals surface area contributed by atoms with Gasteiger partial charge in [0.1, 0.15) is 5.52 Å². The van der Waals surface area contributed by atoms with Crippen LogP contribution < -0.4 is 10.2 Å². The average Bonchev–Trinajstić information content (AvgIpc) is 3.04. The van der Waals surface area contributed by atoms with Gasteiger partial charge in [0.15, 0.2) is 16.6 Å². The summed E-state index contributed by atoms with van der Waals surface area (Å²) in [6.45, 7) is 0.561. The molecular weight excluding hydrogens is 298 g/mol. The zero-order valence-electron chi connectivity index (χ0n) is 10.9. The van der Waals surface area contributed by atoms with E-state index in [0.717, 1.165) is 16.3 Å². The highest BCUT2D eigenvalue weighted by Gasteiger charge is 2.09. The quantitative estimate of drug-likeness (QED) is 0.719. The summed E-state index contributed by atoms with van der Waals surface area (Å²) in [6, 6.07) is 0. The number of hydrogen-bond donors (Lipinski definition) is 2. The van der Waals surface area contributed by atoms with Gasteiger partial charge in [-0.1, -0.05) is 0 Å². The number of H-pyrrole nitrogens is 1. The van der Waals surface area contributed by atoms with Crippen LogP contribution in [0.25, 0.3) is 11.2 Å². The van der Waals surface area contributed by atoms with Crippen LogP contribution in [0.5, 0.6) is 0 Å². The number of thiazole rings is 1. The molecule has 0 aliphatic carbocycles. The second-order valence-corrected chi connectivity index (χ2v) is 5.49. The molecule has 0 amide bonds. The topological polar surface area (TPSA) is 82.6 Å². The van der Waals surface area contributed by atoms with Gasteiger partial charge in [-0.05, 0) is 11.6 Å². The molecule has 9 heteroatoms. The largest absolute Gasteiger partial charge is 0.362 e. The maximum atomic E-state index is 5.87. The lowest BCUT2D eigenvalue weighted by Crippen LogP contribution is -2.09. The van der Waals surface area contributed by atoms with Crippen LogP contribution in [0.2, 0.25) is 5.28 Å². The molecule has 3 aromatic rings. The lowest BCUT2D eigenvalue weighted by atomic mass is 10.4. The van der Waals surface area contributed by atoms with Crippen molar-refractivity contribution in [1.29, 1.82) is 0 Å². The molecule has 0 aliphatic rings. The summed E-state index contributed by atoms with van der Waals surface area (Å²) in [4.78, 5) is 21.7. The molecule has 3 aromatic heterocycles. The van der Waals surface area contributed by atoms with Gasteiger partial charge in [-0.2, -0.15) is 9.97 Å². The summed E-state index contributed by atoms with van der Waals surface area (Å²) in [5, 5.41) is 6.34. The Morgan fingerprint density at radius 3 is 2.95 bits per heavy atom. The Hall–Kier alpha value is -1.93. The molecule has 0 aliphatic heterocycles. The molecule has 0 saturated heterocycles.